The number of carbonyl (C=O) groups is 1. The molecule has 0 aliphatic carbocycles. The summed E-state index contributed by atoms with van der Waals surface area (Å²) in [6.45, 7) is 11.5. The van der Waals surface area contributed by atoms with Crippen LogP contribution in [0.4, 0.5) is 0 Å². The van der Waals surface area contributed by atoms with E-state index >= 15 is 0 Å². The summed E-state index contributed by atoms with van der Waals surface area (Å²) >= 11 is 0. The van der Waals surface area contributed by atoms with E-state index in [1.54, 1.807) is 13.0 Å². The average molecular weight is 194 g/mol. The van der Waals surface area contributed by atoms with Crippen LogP contribution in [-0.2, 0) is 4.79 Å². The monoisotopic (exact) mass is 194 g/mol. The molecule has 0 spiro atoms. The molecule has 0 heterocycles. The summed E-state index contributed by atoms with van der Waals surface area (Å²) in [6, 6.07) is 0. The zero-order valence-electron chi connectivity index (χ0n) is 9.29. The van der Waals surface area contributed by atoms with E-state index in [-0.39, 0.29) is 11.2 Å². The van der Waals surface area contributed by atoms with Crippen LogP contribution in [0.25, 0.3) is 0 Å². The minimum Gasteiger partial charge on any atom is -0.508 e. The molecule has 0 rings (SSSR count). The lowest BCUT2D eigenvalue weighted by Gasteiger charge is -2.18. The van der Waals surface area contributed by atoms with Crippen LogP contribution < -0.4 is 0 Å². The molecule has 2 heteroatoms. The summed E-state index contributed by atoms with van der Waals surface area (Å²) < 4.78 is 0. The van der Waals surface area contributed by atoms with Gasteiger partial charge in [0.1, 0.15) is 12.0 Å². The summed E-state index contributed by atoms with van der Waals surface area (Å²) in [7, 11) is 0. The van der Waals surface area contributed by atoms with Crippen LogP contribution in [0, 0.1) is 5.41 Å². The van der Waals surface area contributed by atoms with Crippen LogP contribution in [0.15, 0.2) is 35.6 Å². The highest BCUT2D eigenvalue weighted by molar-refractivity contribution is 5.73. The van der Waals surface area contributed by atoms with Crippen molar-refractivity contribution in [3.8, 4) is 0 Å². The van der Waals surface area contributed by atoms with Crippen molar-refractivity contribution in [3.05, 3.63) is 35.6 Å². The maximum absolute atomic E-state index is 10.3. The molecule has 0 saturated carbocycles. The zero-order valence-corrected chi connectivity index (χ0v) is 9.29. The second kappa shape index (κ2) is 4.80. The Labute approximate surface area is 85.6 Å². The van der Waals surface area contributed by atoms with Crippen LogP contribution in [0.1, 0.15) is 27.7 Å². The van der Waals surface area contributed by atoms with Gasteiger partial charge in [-0.1, -0.05) is 33.4 Å². The van der Waals surface area contributed by atoms with Gasteiger partial charge in [-0.3, -0.25) is 4.79 Å². The Kier molecular flexibility index (Phi) is 4.35. The Morgan fingerprint density at radius 1 is 1.29 bits per heavy atom. The lowest BCUT2D eigenvalue weighted by Crippen LogP contribution is -2.05. The van der Waals surface area contributed by atoms with E-state index in [1.165, 1.54) is 6.08 Å². The molecule has 0 aromatic rings. The largest absolute Gasteiger partial charge is 0.508 e. The van der Waals surface area contributed by atoms with Crippen molar-refractivity contribution in [1.82, 2.24) is 0 Å². The van der Waals surface area contributed by atoms with E-state index in [0.29, 0.717) is 11.9 Å². The zero-order chi connectivity index (χ0) is 11.4. The van der Waals surface area contributed by atoms with Crippen LogP contribution >= 0.6 is 0 Å². The van der Waals surface area contributed by atoms with E-state index in [0.717, 1.165) is 5.57 Å². The highest BCUT2D eigenvalue weighted by atomic mass is 16.3. The fourth-order valence-corrected chi connectivity index (χ4v) is 0.621. The predicted molar refractivity (Wildman–Crippen MR) is 59.1 cm³/mol. The van der Waals surface area contributed by atoms with Crippen LogP contribution in [0.5, 0.6) is 0 Å². The lowest BCUT2D eigenvalue weighted by molar-refractivity contribution is -0.105. The molecule has 0 aromatic carbocycles. The third-order valence-electron chi connectivity index (χ3n) is 1.99. The molecule has 0 unspecified atom stereocenters. The van der Waals surface area contributed by atoms with E-state index in [1.807, 2.05) is 20.8 Å². The summed E-state index contributed by atoms with van der Waals surface area (Å²) in [5.41, 5.74) is 1.21. The molecule has 0 radical (unpaired) electrons. The van der Waals surface area contributed by atoms with Crippen LogP contribution in [0.3, 0.4) is 0 Å². The minimum atomic E-state index is -0.0220. The van der Waals surface area contributed by atoms with Crippen molar-refractivity contribution in [1.29, 1.82) is 0 Å². The first-order valence-corrected chi connectivity index (χ1v) is 4.51. The van der Waals surface area contributed by atoms with E-state index in [4.69, 9.17) is 0 Å². The highest BCUT2D eigenvalue weighted by Gasteiger charge is 2.11. The number of aliphatic hydroxyl groups is 1. The number of aldehydes is 1. The second-order valence-corrected chi connectivity index (χ2v) is 4.29. The predicted octanol–water partition coefficient (Wildman–Crippen LogP) is 3.18. The van der Waals surface area contributed by atoms with Crippen molar-refractivity contribution < 1.29 is 9.90 Å². The van der Waals surface area contributed by atoms with Crippen molar-refractivity contribution in [2.45, 2.75) is 27.7 Å². The third-order valence-corrected chi connectivity index (χ3v) is 1.99. The first kappa shape index (κ1) is 12.7. The fourth-order valence-electron chi connectivity index (χ4n) is 0.621. The number of rotatable bonds is 3. The Bertz CT molecular complexity index is 288. The van der Waals surface area contributed by atoms with Gasteiger partial charge in [0.25, 0.3) is 0 Å². The van der Waals surface area contributed by atoms with Gasteiger partial charge in [-0.2, -0.15) is 0 Å². The van der Waals surface area contributed by atoms with E-state index in [2.05, 4.69) is 6.58 Å². The summed E-state index contributed by atoms with van der Waals surface area (Å²) in [5, 5.41) is 9.35. The molecule has 0 aliphatic heterocycles. The molecule has 14 heavy (non-hydrogen) atoms. The Morgan fingerprint density at radius 2 is 1.79 bits per heavy atom. The van der Waals surface area contributed by atoms with Gasteiger partial charge >= 0.3 is 0 Å². The molecule has 78 valence electrons. The summed E-state index contributed by atoms with van der Waals surface area (Å²) in [6.07, 6.45) is 3.85. The number of aliphatic hydroxyl groups excluding tert-OH is 1. The first-order valence-electron chi connectivity index (χ1n) is 4.51. The standard InChI is InChI=1S/C12H18O2/c1-9(8-13)11(14)7-6-10(2)12(3,4)5/h6-8,14H,2H2,1,3-5H3/b7-6-,11-9-. The summed E-state index contributed by atoms with van der Waals surface area (Å²) in [5.74, 6) is -0.00889. The smallest absolute Gasteiger partial charge is 0.149 e. The van der Waals surface area contributed by atoms with Gasteiger partial charge in [-0.25, -0.2) is 0 Å². The Hall–Kier alpha value is -1.31. The Morgan fingerprint density at radius 3 is 2.14 bits per heavy atom. The third kappa shape index (κ3) is 4.08. The van der Waals surface area contributed by atoms with E-state index in [9.17, 15) is 9.90 Å². The molecule has 1 N–H and O–H groups in total. The first-order chi connectivity index (χ1) is 6.29. The lowest BCUT2D eigenvalue weighted by atomic mass is 9.87. The average Bonchev–Trinajstić information content (AvgIpc) is 2.10. The molecule has 0 aromatic heterocycles. The van der Waals surface area contributed by atoms with E-state index < -0.39 is 0 Å². The van der Waals surface area contributed by atoms with Crippen molar-refractivity contribution in [2.75, 3.05) is 0 Å². The molecule has 0 bridgehead atoms. The number of hydrogen-bond acceptors (Lipinski definition) is 2. The van der Waals surface area contributed by atoms with Gasteiger partial charge in [-0.15, -0.1) is 0 Å². The highest BCUT2D eigenvalue weighted by Crippen LogP contribution is 2.24. The fraction of sp³-hybridized carbons (Fsp3) is 0.417. The molecular weight excluding hydrogens is 176 g/mol. The SMILES string of the molecule is C=C(/C=C\C(O)=C(/C)C=O)C(C)(C)C. The number of allylic oxidation sites excluding steroid dienone is 4. The second-order valence-electron chi connectivity index (χ2n) is 4.29. The van der Waals surface area contributed by atoms with Gasteiger partial charge in [0, 0.05) is 5.57 Å². The quantitative estimate of drug-likeness (QED) is 0.324. The van der Waals surface area contributed by atoms with Crippen LogP contribution in [-0.4, -0.2) is 11.4 Å². The van der Waals surface area contributed by atoms with Crippen LogP contribution in [0.2, 0.25) is 0 Å². The minimum absolute atomic E-state index is 0.00889. The van der Waals surface area contributed by atoms with Gasteiger partial charge in [0.15, 0.2) is 0 Å². The molecule has 0 saturated heterocycles. The number of hydrogen-bond donors (Lipinski definition) is 1. The summed E-state index contributed by atoms with van der Waals surface area (Å²) in [4.78, 5) is 10.3. The number of carbonyl (C=O) groups excluding carboxylic acids is 1. The molecule has 0 fully saturated rings. The van der Waals surface area contributed by atoms with Gasteiger partial charge < -0.3 is 5.11 Å². The molecule has 0 aliphatic rings. The van der Waals surface area contributed by atoms with Gasteiger partial charge in [0.05, 0.1) is 0 Å². The maximum Gasteiger partial charge on any atom is 0.149 e. The molecular formula is C12H18O2. The molecule has 0 amide bonds. The van der Waals surface area contributed by atoms with Gasteiger partial charge in [0.2, 0.25) is 0 Å². The topological polar surface area (TPSA) is 37.3 Å². The maximum atomic E-state index is 10.3. The van der Waals surface area contributed by atoms with Crippen molar-refractivity contribution in [2.24, 2.45) is 5.41 Å². The Balaban J connectivity index is 4.63. The normalized spacial score (nSPS) is 14.0. The van der Waals surface area contributed by atoms with Crippen molar-refractivity contribution >= 4 is 6.29 Å². The molecule has 2 nitrogen and oxygen atoms in total. The van der Waals surface area contributed by atoms with Gasteiger partial charge in [-0.05, 0) is 24.0 Å². The van der Waals surface area contributed by atoms with Crippen molar-refractivity contribution in [3.63, 3.8) is 0 Å². The molecule has 0 atom stereocenters.